The van der Waals surface area contributed by atoms with Crippen LogP contribution >= 0.6 is 11.6 Å². The summed E-state index contributed by atoms with van der Waals surface area (Å²) in [5.41, 5.74) is 7.96. The molecule has 2 aromatic rings. The molecule has 0 saturated carbocycles. The molecular weight excluding hydrogens is 240 g/mol. The van der Waals surface area contributed by atoms with Crippen LogP contribution in [-0.2, 0) is 13.0 Å². The van der Waals surface area contributed by atoms with Crippen molar-refractivity contribution in [3.05, 3.63) is 28.7 Å². The molecule has 1 aliphatic heterocycles. The molecule has 3 heterocycles. The number of hydrogen-bond acceptors (Lipinski definition) is 5. The number of H-pyrrole nitrogens is 1. The van der Waals surface area contributed by atoms with Crippen LogP contribution in [0.5, 0.6) is 0 Å². The number of nitrogen functional groups attached to an aromatic ring is 1. The van der Waals surface area contributed by atoms with Crippen LogP contribution in [0.2, 0.25) is 5.15 Å². The van der Waals surface area contributed by atoms with Crippen molar-refractivity contribution in [2.75, 3.05) is 17.2 Å². The summed E-state index contributed by atoms with van der Waals surface area (Å²) < 4.78 is 0. The van der Waals surface area contributed by atoms with E-state index in [-0.39, 0.29) is 5.95 Å². The second-order valence-electron chi connectivity index (χ2n) is 3.95. The Bertz CT molecular complexity index is 531. The second-order valence-corrected chi connectivity index (χ2v) is 4.34. The van der Waals surface area contributed by atoms with Gasteiger partial charge < -0.3 is 10.6 Å². The Morgan fingerprint density at radius 1 is 1.41 bits per heavy atom. The molecule has 0 bridgehead atoms. The van der Waals surface area contributed by atoms with Crippen LogP contribution in [0.25, 0.3) is 0 Å². The highest BCUT2D eigenvalue weighted by molar-refractivity contribution is 6.29. The van der Waals surface area contributed by atoms with E-state index in [4.69, 9.17) is 17.3 Å². The molecule has 0 saturated heterocycles. The minimum atomic E-state index is 0.200. The van der Waals surface area contributed by atoms with Gasteiger partial charge in [-0.25, -0.2) is 4.98 Å². The van der Waals surface area contributed by atoms with Crippen LogP contribution < -0.4 is 10.6 Å². The van der Waals surface area contributed by atoms with Crippen molar-refractivity contribution in [3.8, 4) is 0 Å². The fourth-order valence-electron chi connectivity index (χ4n) is 2.00. The number of nitrogens with two attached hydrogens (primary N) is 1. The second kappa shape index (κ2) is 3.89. The molecule has 1 aliphatic rings. The van der Waals surface area contributed by atoms with Gasteiger partial charge in [-0.3, -0.25) is 5.10 Å². The summed E-state index contributed by atoms with van der Waals surface area (Å²) in [6.45, 7) is 1.63. The molecular formula is C10H11ClN6. The zero-order valence-corrected chi connectivity index (χ0v) is 9.78. The monoisotopic (exact) mass is 250 g/mol. The lowest BCUT2D eigenvalue weighted by atomic mass is 10.1. The van der Waals surface area contributed by atoms with Crippen LogP contribution in [0.15, 0.2) is 12.3 Å². The van der Waals surface area contributed by atoms with E-state index in [1.54, 1.807) is 6.07 Å². The largest absolute Gasteiger partial charge is 0.368 e. The Morgan fingerprint density at radius 2 is 2.29 bits per heavy atom. The summed E-state index contributed by atoms with van der Waals surface area (Å²) in [7, 11) is 0. The standard InChI is InChI=1S/C10H11ClN6/c11-8-3-9(15-10(12)14-8)17-2-1-7-6(5-17)4-13-16-7/h3-4H,1-2,5H2,(H,13,16)(H2,12,14,15). The molecule has 3 N–H and O–H groups in total. The topological polar surface area (TPSA) is 83.7 Å². The molecule has 0 fully saturated rings. The summed E-state index contributed by atoms with van der Waals surface area (Å²) in [6, 6.07) is 1.73. The van der Waals surface area contributed by atoms with Gasteiger partial charge in [0.2, 0.25) is 5.95 Å². The van der Waals surface area contributed by atoms with Crippen LogP contribution in [0.4, 0.5) is 11.8 Å². The van der Waals surface area contributed by atoms with Crippen molar-refractivity contribution in [1.82, 2.24) is 20.2 Å². The molecule has 2 aromatic heterocycles. The van der Waals surface area contributed by atoms with Gasteiger partial charge in [0, 0.05) is 36.8 Å². The Balaban J connectivity index is 1.91. The Labute approximate surface area is 103 Å². The lowest BCUT2D eigenvalue weighted by Crippen LogP contribution is -2.30. The van der Waals surface area contributed by atoms with Crippen LogP contribution in [-0.4, -0.2) is 26.7 Å². The molecule has 0 atom stereocenters. The Kier molecular flexibility index (Phi) is 2.36. The van der Waals surface area contributed by atoms with Gasteiger partial charge >= 0.3 is 0 Å². The van der Waals surface area contributed by atoms with Gasteiger partial charge in [-0.05, 0) is 0 Å². The summed E-state index contributed by atoms with van der Waals surface area (Å²) in [6.07, 6.45) is 2.75. The maximum absolute atomic E-state index is 5.87. The molecule has 88 valence electrons. The first-order chi connectivity index (χ1) is 8.22. The maximum Gasteiger partial charge on any atom is 0.223 e. The average molecular weight is 251 g/mol. The van der Waals surface area contributed by atoms with Crippen molar-refractivity contribution < 1.29 is 0 Å². The quantitative estimate of drug-likeness (QED) is 0.738. The minimum absolute atomic E-state index is 0.200. The first kappa shape index (κ1) is 10.3. The van der Waals surface area contributed by atoms with Crippen molar-refractivity contribution >= 4 is 23.4 Å². The Morgan fingerprint density at radius 3 is 3.12 bits per heavy atom. The van der Waals surface area contributed by atoms with Gasteiger partial charge in [0.25, 0.3) is 0 Å². The average Bonchev–Trinajstić information content (AvgIpc) is 2.74. The zero-order valence-electron chi connectivity index (χ0n) is 9.02. The van der Waals surface area contributed by atoms with E-state index in [9.17, 15) is 0 Å². The highest BCUT2D eigenvalue weighted by atomic mass is 35.5. The van der Waals surface area contributed by atoms with E-state index >= 15 is 0 Å². The van der Waals surface area contributed by atoms with E-state index in [2.05, 4.69) is 25.1 Å². The van der Waals surface area contributed by atoms with Gasteiger partial charge in [-0.1, -0.05) is 11.6 Å². The van der Waals surface area contributed by atoms with Gasteiger partial charge in [0.1, 0.15) is 11.0 Å². The third-order valence-corrected chi connectivity index (χ3v) is 3.02. The number of anilines is 2. The summed E-state index contributed by atoms with van der Waals surface area (Å²) in [5, 5.41) is 7.39. The highest BCUT2D eigenvalue weighted by Gasteiger charge is 2.19. The van der Waals surface area contributed by atoms with Gasteiger partial charge in [0.05, 0.1) is 6.20 Å². The molecule has 6 nitrogen and oxygen atoms in total. The maximum atomic E-state index is 5.87. The number of rotatable bonds is 1. The molecule has 0 spiro atoms. The molecule has 17 heavy (non-hydrogen) atoms. The summed E-state index contributed by atoms with van der Waals surface area (Å²) >= 11 is 5.87. The number of nitrogens with one attached hydrogen (secondary N) is 1. The van der Waals surface area contributed by atoms with E-state index < -0.39 is 0 Å². The number of aromatic nitrogens is 4. The molecule has 0 aliphatic carbocycles. The van der Waals surface area contributed by atoms with Gasteiger partial charge in [-0.2, -0.15) is 10.1 Å². The number of fused-ring (bicyclic) bond motifs is 1. The van der Waals surface area contributed by atoms with Crippen molar-refractivity contribution in [2.24, 2.45) is 0 Å². The lowest BCUT2D eigenvalue weighted by Gasteiger charge is -2.27. The summed E-state index contributed by atoms with van der Waals surface area (Å²) in [4.78, 5) is 10.2. The first-order valence-electron chi connectivity index (χ1n) is 5.28. The highest BCUT2D eigenvalue weighted by Crippen LogP contribution is 2.23. The first-order valence-corrected chi connectivity index (χ1v) is 5.66. The minimum Gasteiger partial charge on any atom is -0.368 e. The van der Waals surface area contributed by atoms with Crippen molar-refractivity contribution in [1.29, 1.82) is 0 Å². The van der Waals surface area contributed by atoms with Gasteiger partial charge in [-0.15, -0.1) is 0 Å². The third kappa shape index (κ3) is 1.91. The van der Waals surface area contributed by atoms with E-state index in [0.717, 1.165) is 25.3 Å². The third-order valence-electron chi connectivity index (χ3n) is 2.82. The number of hydrogen-bond donors (Lipinski definition) is 2. The van der Waals surface area contributed by atoms with E-state index in [0.29, 0.717) is 5.15 Å². The number of nitrogens with zero attached hydrogens (tertiary/aromatic N) is 4. The Hall–Kier alpha value is -1.82. The fourth-order valence-corrected chi connectivity index (χ4v) is 2.19. The molecule has 0 unspecified atom stereocenters. The van der Waals surface area contributed by atoms with Crippen LogP contribution in [0.3, 0.4) is 0 Å². The van der Waals surface area contributed by atoms with Crippen molar-refractivity contribution in [3.63, 3.8) is 0 Å². The van der Waals surface area contributed by atoms with Crippen LogP contribution in [0, 0.1) is 0 Å². The molecule has 0 aromatic carbocycles. The van der Waals surface area contributed by atoms with Gasteiger partial charge in [0.15, 0.2) is 0 Å². The normalized spacial score (nSPS) is 14.8. The summed E-state index contributed by atoms with van der Waals surface area (Å²) in [5.74, 6) is 0.958. The zero-order chi connectivity index (χ0) is 11.8. The van der Waals surface area contributed by atoms with Crippen LogP contribution in [0.1, 0.15) is 11.3 Å². The van der Waals surface area contributed by atoms with Crippen molar-refractivity contribution in [2.45, 2.75) is 13.0 Å². The predicted octanol–water partition coefficient (Wildman–Crippen LogP) is 0.998. The fraction of sp³-hybridized carbons (Fsp3) is 0.300. The molecule has 3 rings (SSSR count). The molecule has 0 radical (unpaired) electrons. The SMILES string of the molecule is Nc1nc(Cl)cc(N2CCc3[nH]ncc3C2)n1. The van der Waals surface area contributed by atoms with E-state index in [1.807, 2.05) is 6.20 Å². The van der Waals surface area contributed by atoms with E-state index in [1.165, 1.54) is 11.3 Å². The lowest BCUT2D eigenvalue weighted by molar-refractivity contribution is 0.710. The number of halogens is 1. The number of aromatic amines is 1. The molecule has 0 amide bonds. The molecule has 7 heteroatoms. The smallest absolute Gasteiger partial charge is 0.223 e. The predicted molar refractivity (Wildman–Crippen MR) is 64.8 cm³/mol.